The molecule has 0 saturated carbocycles. The van der Waals surface area contributed by atoms with Crippen LogP contribution in [0.4, 0.5) is 0 Å². The van der Waals surface area contributed by atoms with Gasteiger partial charge in [-0.15, -0.1) is 0 Å². The van der Waals surface area contributed by atoms with Crippen molar-refractivity contribution in [3.8, 4) is 0 Å². The highest BCUT2D eigenvalue weighted by molar-refractivity contribution is 7.45. The largest absolute Gasteiger partial charge is 0.756 e. The summed E-state index contributed by atoms with van der Waals surface area (Å²) < 4.78 is 30.3. The predicted molar refractivity (Wildman–Crippen MR) is 357 cm³/mol. The fraction of sp³-hybridized carbons (Fsp3) is 0.671. The van der Waals surface area contributed by atoms with E-state index in [4.69, 9.17) is 13.8 Å². The molecule has 3 unspecified atom stereocenters. The van der Waals surface area contributed by atoms with Gasteiger partial charge < -0.3 is 28.5 Å². The Balaban J connectivity index is 5.20. The number of rotatable bonds is 59. The van der Waals surface area contributed by atoms with Gasteiger partial charge in [0.2, 0.25) is 5.91 Å². The van der Waals surface area contributed by atoms with Crippen molar-refractivity contribution >= 4 is 19.7 Å². The molecule has 0 aromatic heterocycles. The van der Waals surface area contributed by atoms with E-state index in [1.165, 1.54) is 70.6 Å². The number of allylic oxidation sites excluding steroid dienone is 21. The Labute approximate surface area is 511 Å². The third-order valence-corrected chi connectivity index (χ3v) is 15.0. The zero-order valence-electron chi connectivity index (χ0n) is 54.1. The molecule has 474 valence electrons. The molecule has 0 aliphatic carbocycles. The Morgan fingerprint density at radius 2 is 0.771 bits per heavy atom. The van der Waals surface area contributed by atoms with Crippen LogP contribution in [0.5, 0.6) is 0 Å². The molecule has 1 N–H and O–H groups in total. The Kier molecular flexibility index (Phi) is 58.4. The standard InChI is InChI=1S/C73H125N2O7P/c1-7-10-13-16-19-22-25-27-29-31-33-35-36-37-38-40-42-44-46-48-51-54-57-60-63-66-73(77)82-71(64-61-58-55-52-49-24-21-18-15-12-9-3)70(69-81-83(78,79)80-68-67-75(4,5)6)74-72(76)65-62-59-56-53-50-47-45-43-41-39-34-32-30-28-26-23-20-17-14-11-8-2/h10,13,19-20,22-23,27-30,33-35,37-39,42-45,61,64,70-71H,7-9,11-12,14-18,21,24-26,31-32,36,40-41,46-60,62-63,65-69H2,1-6H3,(H-,74,76,78,79)/b13-10-,22-19-,23-20-,29-27-,30-28-,35-33-,38-37-,39-34-,44-42-,45-43-,64-61+. The highest BCUT2D eigenvalue weighted by Gasteiger charge is 2.27. The molecule has 1 amide bonds. The average molecular weight is 1170 g/mol. The summed E-state index contributed by atoms with van der Waals surface area (Å²) in [6.45, 7) is 6.66. The van der Waals surface area contributed by atoms with Gasteiger partial charge in [-0.1, -0.05) is 258 Å². The molecule has 0 aromatic rings. The molecule has 0 aliphatic rings. The number of carbonyl (C=O) groups is 2. The maximum atomic E-state index is 13.6. The van der Waals surface area contributed by atoms with Gasteiger partial charge in [-0.2, -0.15) is 0 Å². The number of unbranched alkanes of at least 4 members (excludes halogenated alkanes) is 23. The first kappa shape index (κ1) is 79.2. The summed E-state index contributed by atoms with van der Waals surface area (Å²) in [4.78, 5) is 40.1. The number of hydrogen-bond acceptors (Lipinski definition) is 7. The minimum Gasteiger partial charge on any atom is -0.756 e. The van der Waals surface area contributed by atoms with Crippen molar-refractivity contribution in [2.75, 3.05) is 40.9 Å². The molecular weight excluding hydrogens is 1050 g/mol. The van der Waals surface area contributed by atoms with Crippen molar-refractivity contribution in [2.45, 2.75) is 277 Å². The second-order valence-electron chi connectivity index (χ2n) is 23.2. The number of likely N-dealkylation sites (N-methyl/N-ethyl adjacent to an activating group) is 1. The third kappa shape index (κ3) is 62.5. The molecule has 0 aliphatic heterocycles. The Hall–Kier alpha value is -3.85. The van der Waals surface area contributed by atoms with Crippen LogP contribution in [-0.4, -0.2) is 69.4 Å². The third-order valence-electron chi connectivity index (χ3n) is 14.1. The SMILES string of the molecule is CC/C=C\C/C=C\C/C=C\C/C=C\C/C=C\C/C=C\CCCCCCCCC(=O)OC(/C=C/CCCCCCCCCCC)C(COP(=O)([O-])OCC[N+](C)(C)C)NC(=O)CCCCCCC/C=C\C/C=C\C/C=C\C/C=C\CCCCC. The second kappa shape index (κ2) is 61.2. The lowest BCUT2D eigenvalue weighted by atomic mass is 10.1. The first-order valence-electron chi connectivity index (χ1n) is 33.5. The topological polar surface area (TPSA) is 114 Å². The monoisotopic (exact) mass is 1170 g/mol. The van der Waals surface area contributed by atoms with E-state index < -0.39 is 26.6 Å². The van der Waals surface area contributed by atoms with Crippen molar-refractivity contribution in [2.24, 2.45) is 0 Å². The van der Waals surface area contributed by atoms with E-state index in [1.54, 1.807) is 0 Å². The quantitative estimate of drug-likeness (QED) is 0.0212. The maximum absolute atomic E-state index is 13.6. The fourth-order valence-electron chi connectivity index (χ4n) is 8.92. The molecule has 0 rings (SSSR count). The summed E-state index contributed by atoms with van der Waals surface area (Å²) in [5.41, 5.74) is 0. The first-order chi connectivity index (χ1) is 40.4. The molecule has 10 heteroatoms. The van der Waals surface area contributed by atoms with Gasteiger partial charge in [0, 0.05) is 12.8 Å². The Morgan fingerprint density at radius 3 is 1.18 bits per heavy atom. The molecule has 0 radical (unpaired) electrons. The van der Waals surface area contributed by atoms with E-state index in [1.807, 2.05) is 33.3 Å². The number of nitrogens with zero attached hydrogens (tertiary/aromatic N) is 1. The van der Waals surface area contributed by atoms with Crippen LogP contribution >= 0.6 is 7.82 Å². The molecule has 0 spiro atoms. The van der Waals surface area contributed by atoms with E-state index in [9.17, 15) is 19.0 Å². The van der Waals surface area contributed by atoms with Gasteiger partial charge in [-0.25, -0.2) is 0 Å². The van der Waals surface area contributed by atoms with Gasteiger partial charge in [0.1, 0.15) is 19.3 Å². The number of phosphoric acid groups is 1. The van der Waals surface area contributed by atoms with Gasteiger partial charge in [-0.3, -0.25) is 14.2 Å². The van der Waals surface area contributed by atoms with Crippen molar-refractivity contribution < 1.29 is 37.3 Å². The van der Waals surface area contributed by atoms with Crippen LogP contribution in [0, 0.1) is 0 Å². The van der Waals surface area contributed by atoms with Gasteiger partial charge in [0.05, 0.1) is 33.8 Å². The summed E-state index contributed by atoms with van der Waals surface area (Å²) in [6.07, 6.45) is 87.1. The lowest BCUT2D eigenvalue weighted by Crippen LogP contribution is -2.47. The highest BCUT2D eigenvalue weighted by atomic mass is 31.2. The van der Waals surface area contributed by atoms with Crippen LogP contribution in [0.25, 0.3) is 0 Å². The van der Waals surface area contributed by atoms with Crippen molar-refractivity contribution in [1.29, 1.82) is 0 Å². The van der Waals surface area contributed by atoms with E-state index in [0.29, 0.717) is 23.9 Å². The first-order valence-corrected chi connectivity index (χ1v) is 35.0. The molecule has 3 atom stereocenters. The lowest BCUT2D eigenvalue weighted by Gasteiger charge is -2.30. The average Bonchev–Trinajstić information content (AvgIpc) is 3.51. The molecule has 0 fully saturated rings. The number of carbonyl (C=O) groups excluding carboxylic acids is 2. The van der Waals surface area contributed by atoms with Crippen molar-refractivity contribution in [3.05, 3.63) is 134 Å². The summed E-state index contributed by atoms with van der Waals surface area (Å²) in [5.74, 6) is -0.587. The minimum absolute atomic E-state index is 0.0363. The maximum Gasteiger partial charge on any atom is 0.306 e. The highest BCUT2D eigenvalue weighted by Crippen LogP contribution is 2.38. The number of ether oxygens (including phenoxy) is 1. The van der Waals surface area contributed by atoms with Gasteiger partial charge in [0.25, 0.3) is 7.82 Å². The van der Waals surface area contributed by atoms with Crippen LogP contribution in [0.2, 0.25) is 0 Å². The number of quaternary nitrogens is 1. The summed E-state index contributed by atoms with van der Waals surface area (Å²) in [7, 11) is 1.14. The van der Waals surface area contributed by atoms with Crippen LogP contribution in [0.1, 0.15) is 265 Å². The zero-order valence-corrected chi connectivity index (χ0v) is 55.0. The summed E-state index contributed by atoms with van der Waals surface area (Å²) in [5, 5.41) is 3.02. The fourth-order valence-corrected chi connectivity index (χ4v) is 9.64. The molecular formula is C73H125N2O7P. The molecule has 9 nitrogen and oxygen atoms in total. The van der Waals surface area contributed by atoms with Gasteiger partial charge in [-0.05, 0) is 128 Å². The van der Waals surface area contributed by atoms with Crippen LogP contribution in [0.3, 0.4) is 0 Å². The number of hydrogen-bond donors (Lipinski definition) is 1. The minimum atomic E-state index is -4.72. The Bertz CT molecular complexity index is 1880. The summed E-state index contributed by atoms with van der Waals surface area (Å²) >= 11 is 0. The van der Waals surface area contributed by atoms with Crippen LogP contribution in [0.15, 0.2) is 134 Å². The van der Waals surface area contributed by atoms with Crippen molar-refractivity contribution in [3.63, 3.8) is 0 Å². The molecule has 83 heavy (non-hydrogen) atoms. The number of amides is 1. The lowest BCUT2D eigenvalue weighted by molar-refractivity contribution is -0.870. The summed E-state index contributed by atoms with van der Waals surface area (Å²) in [6, 6.07) is -0.915. The number of nitrogens with one attached hydrogen (secondary N) is 1. The normalized spacial score (nSPS) is 14.4. The van der Waals surface area contributed by atoms with E-state index >= 15 is 0 Å². The van der Waals surface area contributed by atoms with Gasteiger partial charge >= 0.3 is 5.97 Å². The number of phosphoric ester groups is 1. The van der Waals surface area contributed by atoms with E-state index in [2.05, 4.69) is 148 Å². The van der Waals surface area contributed by atoms with E-state index in [-0.39, 0.29) is 31.3 Å². The molecule has 0 bridgehead atoms. The molecule has 0 heterocycles. The molecule has 0 aromatic carbocycles. The smallest absolute Gasteiger partial charge is 0.306 e. The number of esters is 1. The van der Waals surface area contributed by atoms with E-state index in [0.717, 1.165) is 148 Å². The molecule has 0 saturated heterocycles. The van der Waals surface area contributed by atoms with Crippen LogP contribution in [-0.2, 0) is 27.9 Å². The second-order valence-corrected chi connectivity index (χ2v) is 24.6. The van der Waals surface area contributed by atoms with Crippen LogP contribution < -0.4 is 10.2 Å². The zero-order chi connectivity index (χ0) is 60.7. The van der Waals surface area contributed by atoms with Crippen molar-refractivity contribution in [1.82, 2.24) is 5.32 Å². The van der Waals surface area contributed by atoms with Gasteiger partial charge in [0.15, 0.2) is 0 Å². The predicted octanol–water partition coefficient (Wildman–Crippen LogP) is 20.6. The Morgan fingerprint density at radius 1 is 0.434 bits per heavy atom.